The van der Waals surface area contributed by atoms with Crippen LogP contribution in [-0.2, 0) is 6.42 Å². The summed E-state index contributed by atoms with van der Waals surface area (Å²) in [6, 6.07) is 0. The number of aliphatic hydroxyl groups is 1. The molecule has 76 valence electrons. The van der Waals surface area contributed by atoms with Crippen LogP contribution < -0.4 is 0 Å². The number of aromatic nitrogens is 2. The fourth-order valence-corrected chi connectivity index (χ4v) is 2.62. The van der Waals surface area contributed by atoms with Gasteiger partial charge in [-0.25, -0.2) is 4.98 Å². The molecule has 2 aromatic rings. The Morgan fingerprint density at radius 3 is 2.93 bits per heavy atom. The minimum atomic E-state index is -0.312. The van der Waals surface area contributed by atoms with Gasteiger partial charge in [0.2, 0.25) is 0 Å². The van der Waals surface area contributed by atoms with Gasteiger partial charge >= 0.3 is 0 Å². The number of fused-ring (bicyclic) bond motifs is 1. The summed E-state index contributed by atoms with van der Waals surface area (Å²) in [6.07, 6.45) is 0.359. The van der Waals surface area contributed by atoms with Gasteiger partial charge in [-0.05, 0) is 20.8 Å². The number of hydrogen-bond donors (Lipinski definition) is 1. The quantitative estimate of drug-likeness (QED) is 0.822. The van der Waals surface area contributed by atoms with Crippen LogP contribution in [0.4, 0.5) is 0 Å². The van der Waals surface area contributed by atoms with Gasteiger partial charge in [0.05, 0.1) is 11.8 Å². The molecule has 4 heteroatoms. The van der Waals surface area contributed by atoms with Gasteiger partial charge in [0, 0.05) is 23.2 Å². The topological polar surface area (TPSA) is 37.5 Å². The van der Waals surface area contributed by atoms with Crippen molar-refractivity contribution in [2.24, 2.45) is 0 Å². The van der Waals surface area contributed by atoms with Gasteiger partial charge in [0.1, 0.15) is 0 Å². The third kappa shape index (κ3) is 1.44. The lowest BCUT2D eigenvalue weighted by Gasteiger charge is -2.05. The Morgan fingerprint density at radius 2 is 2.29 bits per heavy atom. The van der Waals surface area contributed by atoms with Crippen LogP contribution in [-0.4, -0.2) is 20.6 Å². The molecule has 0 fully saturated rings. The van der Waals surface area contributed by atoms with Gasteiger partial charge in [-0.2, -0.15) is 0 Å². The minimum Gasteiger partial charge on any atom is -0.393 e. The van der Waals surface area contributed by atoms with Gasteiger partial charge in [-0.15, -0.1) is 11.3 Å². The van der Waals surface area contributed by atoms with Crippen LogP contribution in [0.3, 0.4) is 0 Å². The predicted molar refractivity (Wildman–Crippen MR) is 57.9 cm³/mol. The van der Waals surface area contributed by atoms with Crippen LogP contribution in [0.1, 0.15) is 24.0 Å². The number of nitrogens with zero attached hydrogens (tertiary/aromatic N) is 2. The Bertz CT molecular complexity index is 456. The van der Waals surface area contributed by atoms with Crippen LogP contribution in [0.15, 0.2) is 5.38 Å². The molecule has 0 aliphatic rings. The van der Waals surface area contributed by atoms with E-state index in [9.17, 15) is 5.11 Å². The van der Waals surface area contributed by atoms with E-state index in [2.05, 4.69) is 21.7 Å². The molecule has 2 rings (SSSR count). The Balaban J connectivity index is 2.59. The molecule has 0 bridgehead atoms. The lowest BCUT2D eigenvalue weighted by Crippen LogP contribution is -2.08. The first-order chi connectivity index (χ1) is 6.59. The van der Waals surface area contributed by atoms with Crippen molar-refractivity contribution in [3.05, 3.63) is 22.5 Å². The van der Waals surface area contributed by atoms with Crippen molar-refractivity contribution in [2.75, 3.05) is 0 Å². The van der Waals surface area contributed by atoms with Gasteiger partial charge in [-0.3, -0.25) is 4.40 Å². The molecule has 0 saturated heterocycles. The molecule has 0 amide bonds. The van der Waals surface area contributed by atoms with Crippen molar-refractivity contribution >= 4 is 16.3 Å². The molecule has 0 aliphatic heterocycles. The third-order valence-corrected chi connectivity index (χ3v) is 3.26. The number of hydrogen-bond acceptors (Lipinski definition) is 3. The summed E-state index contributed by atoms with van der Waals surface area (Å²) in [6.45, 7) is 5.87. The van der Waals surface area contributed by atoms with E-state index in [0.29, 0.717) is 6.42 Å². The molecular weight excluding hydrogens is 196 g/mol. The van der Waals surface area contributed by atoms with E-state index in [-0.39, 0.29) is 6.10 Å². The molecule has 2 aromatic heterocycles. The largest absolute Gasteiger partial charge is 0.393 e. The fraction of sp³-hybridized carbons (Fsp3) is 0.500. The molecule has 0 aromatic carbocycles. The SMILES string of the molecule is Cc1nc2scc(C)n2c1CC(C)O. The van der Waals surface area contributed by atoms with E-state index >= 15 is 0 Å². The molecule has 1 atom stereocenters. The maximum absolute atomic E-state index is 9.40. The van der Waals surface area contributed by atoms with Gasteiger partial charge in [-0.1, -0.05) is 0 Å². The molecule has 2 heterocycles. The van der Waals surface area contributed by atoms with E-state index in [0.717, 1.165) is 16.3 Å². The number of aliphatic hydroxyl groups excluding tert-OH is 1. The number of imidazole rings is 1. The Kier molecular flexibility index (Phi) is 2.33. The van der Waals surface area contributed by atoms with Gasteiger partial charge in [0.15, 0.2) is 4.96 Å². The van der Waals surface area contributed by atoms with E-state index in [1.165, 1.54) is 5.69 Å². The highest BCUT2D eigenvalue weighted by molar-refractivity contribution is 7.15. The maximum Gasteiger partial charge on any atom is 0.194 e. The number of aryl methyl sites for hydroxylation is 2. The lowest BCUT2D eigenvalue weighted by atomic mass is 10.2. The van der Waals surface area contributed by atoms with Crippen LogP contribution in [0, 0.1) is 13.8 Å². The van der Waals surface area contributed by atoms with E-state index in [1.54, 1.807) is 18.3 Å². The van der Waals surface area contributed by atoms with E-state index in [1.807, 2.05) is 6.92 Å². The molecule has 0 radical (unpaired) electrons. The Morgan fingerprint density at radius 1 is 1.57 bits per heavy atom. The lowest BCUT2D eigenvalue weighted by molar-refractivity contribution is 0.193. The van der Waals surface area contributed by atoms with Crippen molar-refractivity contribution in [3.63, 3.8) is 0 Å². The number of thiazole rings is 1. The molecule has 1 unspecified atom stereocenters. The molecule has 0 saturated carbocycles. The predicted octanol–water partition coefficient (Wildman–Crippen LogP) is 1.94. The van der Waals surface area contributed by atoms with Crippen molar-refractivity contribution < 1.29 is 5.11 Å². The van der Waals surface area contributed by atoms with E-state index < -0.39 is 0 Å². The average molecular weight is 210 g/mol. The smallest absolute Gasteiger partial charge is 0.194 e. The second kappa shape index (κ2) is 3.37. The van der Waals surface area contributed by atoms with Crippen molar-refractivity contribution in [2.45, 2.75) is 33.3 Å². The maximum atomic E-state index is 9.40. The van der Waals surface area contributed by atoms with Gasteiger partial charge < -0.3 is 5.11 Å². The summed E-state index contributed by atoms with van der Waals surface area (Å²) in [7, 11) is 0. The highest BCUT2D eigenvalue weighted by Crippen LogP contribution is 2.21. The summed E-state index contributed by atoms with van der Waals surface area (Å²) in [4.78, 5) is 5.48. The Hall–Kier alpha value is -0.870. The minimum absolute atomic E-state index is 0.312. The zero-order valence-corrected chi connectivity index (χ0v) is 9.43. The first-order valence-corrected chi connectivity index (χ1v) is 5.57. The van der Waals surface area contributed by atoms with Crippen LogP contribution in [0.2, 0.25) is 0 Å². The molecule has 1 N–H and O–H groups in total. The standard InChI is InChI=1S/C10H14N2OS/c1-6-5-14-10-11-8(3)9(12(6)10)4-7(2)13/h5,7,13H,4H2,1-3H3. The molecule has 0 spiro atoms. The Labute approximate surface area is 87.0 Å². The second-order valence-corrected chi connectivity index (χ2v) is 4.53. The summed E-state index contributed by atoms with van der Waals surface area (Å²) in [5.74, 6) is 0. The zero-order valence-electron chi connectivity index (χ0n) is 8.61. The van der Waals surface area contributed by atoms with Crippen LogP contribution in [0.25, 0.3) is 4.96 Å². The highest BCUT2D eigenvalue weighted by atomic mass is 32.1. The highest BCUT2D eigenvalue weighted by Gasteiger charge is 2.13. The molecule has 3 nitrogen and oxygen atoms in total. The normalized spacial score (nSPS) is 13.7. The number of rotatable bonds is 2. The molecular formula is C10H14N2OS. The summed E-state index contributed by atoms with van der Waals surface area (Å²) in [5.41, 5.74) is 3.36. The van der Waals surface area contributed by atoms with Crippen molar-refractivity contribution in [1.29, 1.82) is 0 Å². The second-order valence-electron chi connectivity index (χ2n) is 3.69. The van der Waals surface area contributed by atoms with Gasteiger partial charge in [0.25, 0.3) is 0 Å². The van der Waals surface area contributed by atoms with Crippen LogP contribution >= 0.6 is 11.3 Å². The van der Waals surface area contributed by atoms with Crippen molar-refractivity contribution in [3.8, 4) is 0 Å². The molecule has 0 aliphatic carbocycles. The first kappa shape index (κ1) is 9.68. The molecule has 14 heavy (non-hydrogen) atoms. The average Bonchev–Trinajstić information content (AvgIpc) is 2.56. The summed E-state index contributed by atoms with van der Waals surface area (Å²) < 4.78 is 2.13. The van der Waals surface area contributed by atoms with Crippen molar-refractivity contribution in [1.82, 2.24) is 9.38 Å². The first-order valence-electron chi connectivity index (χ1n) is 4.69. The summed E-state index contributed by atoms with van der Waals surface area (Å²) in [5, 5.41) is 11.5. The third-order valence-electron chi connectivity index (χ3n) is 2.32. The monoisotopic (exact) mass is 210 g/mol. The zero-order chi connectivity index (χ0) is 10.3. The fourth-order valence-electron chi connectivity index (χ4n) is 1.69. The summed E-state index contributed by atoms with van der Waals surface area (Å²) >= 11 is 1.65. The van der Waals surface area contributed by atoms with Crippen LogP contribution in [0.5, 0.6) is 0 Å². The van der Waals surface area contributed by atoms with E-state index in [4.69, 9.17) is 0 Å².